The highest BCUT2D eigenvalue weighted by molar-refractivity contribution is 5.69. The van der Waals surface area contributed by atoms with E-state index in [1.54, 1.807) is 0 Å². The van der Waals surface area contributed by atoms with E-state index in [9.17, 15) is 4.79 Å². The van der Waals surface area contributed by atoms with Crippen LogP contribution in [0.1, 0.15) is 38.7 Å². The number of aryl methyl sites for hydroxylation is 1. The maximum Gasteiger partial charge on any atom is 0.317 e. The van der Waals surface area contributed by atoms with E-state index in [1.807, 2.05) is 6.92 Å². The Hall–Kier alpha value is -1.39. The molecule has 1 aliphatic carbocycles. The quantitative estimate of drug-likeness (QED) is 0.736. The van der Waals surface area contributed by atoms with Gasteiger partial charge in [0.15, 0.2) is 0 Å². The molecule has 4 heteroatoms. The lowest BCUT2D eigenvalue weighted by molar-refractivity contribution is -0.139. The molecule has 22 heavy (non-hydrogen) atoms. The minimum absolute atomic E-state index is 0.164. The summed E-state index contributed by atoms with van der Waals surface area (Å²) in [7, 11) is 0. The van der Waals surface area contributed by atoms with Crippen molar-refractivity contribution in [1.82, 2.24) is 10.2 Å². The largest absolute Gasteiger partial charge is 0.480 e. The fourth-order valence-corrected chi connectivity index (χ4v) is 3.21. The van der Waals surface area contributed by atoms with Gasteiger partial charge in [0.25, 0.3) is 0 Å². The van der Waals surface area contributed by atoms with Crippen molar-refractivity contribution in [2.24, 2.45) is 0 Å². The van der Waals surface area contributed by atoms with Crippen molar-refractivity contribution < 1.29 is 9.90 Å². The molecule has 1 unspecified atom stereocenters. The summed E-state index contributed by atoms with van der Waals surface area (Å²) in [4.78, 5) is 12.9. The number of aliphatic carboxylic acids is 1. The van der Waals surface area contributed by atoms with E-state index in [2.05, 4.69) is 47.5 Å². The van der Waals surface area contributed by atoms with Gasteiger partial charge in [-0.05, 0) is 44.7 Å². The summed E-state index contributed by atoms with van der Waals surface area (Å²) in [5, 5.41) is 12.6. The topological polar surface area (TPSA) is 52.6 Å². The monoisotopic (exact) mass is 304 g/mol. The summed E-state index contributed by atoms with van der Waals surface area (Å²) in [6, 6.07) is 12.1. The van der Waals surface area contributed by atoms with Crippen LogP contribution in [-0.2, 0) is 11.2 Å². The molecule has 0 aromatic heterocycles. The van der Waals surface area contributed by atoms with Crippen molar-refractivity contribution in [3.05, 3.63) is 35.9 Å². The molecular weight excluding hydrogens is 276 g/mol. The van der Waals surface area contributed by atoms with Crippen LogP contribution in [0.3, 0.4) is 0 Å². The summed E-state index contributed by atoms with van der Waals surface area (Å²) >= 11 is 0. The minimum atomic E-state index is -0.727. The minimum Gasteiger partial charge on any atom is -0.480 e. The van der Waals surface area contributed by atoms with Gasteiger partial charge < -0.3 is 10.4 Å². The molecule has 1 aromatic rings. The first-order valence-electron chi connectivity index (χ1n) is 8.34. The Bertz CT molecular complexity index is 457. The van der Waals surface area contributed by atoms with Crippen LogP contribution < -0.4 is 5.32 Å². The van der Waals surface area contributed by atoms with Crippen molar-refractivity contribution >= 4 is 5.97 Å². The summed E-state index contributed by atoms with van der Waals surface area (Å²) in [6.45, 7) is 5.25. The van der Waals surface area contributed by atoms with E-state index < -0.39 is 5.97 Å². The van der Waals surface area contributed by atoms with Gasteiger partial charge in [-0.15, -0.1) is 0 Å². The average Bonchev–Trinajstić information content (AvgIpc) is 2.47. The van der Waals surface area contributed by atoms with E-state index in [1.165, 1.54) is 5.56 Å². The summed E-state index contributed by atoms with van der Waals surface area (Å²) < 4.78 is 0. The van der Waals surface area contributed by atoms with Crippen molar-refractivity contribution in [3.63, 3.8) is 0 Å². The van der Waals surface area contributed by atoms with Crippen LogP contribution in [-0.4, -0.2) is 47.2 Å². The fraction of sp³-hybridized carbons (Fsp3) is 0.611. The van der Waals surface area contributed by atoms with Crippen LogP contribution >= 0.6 is 0 Å². The first-order chi connectivity index (χ1) is 10.6. The molecule has 122 valence electrons. The number of hydrogen-bond donors (Lipinski definition) is 2. The van der Waals surface area contributed by atoms with Crippen LogP contribution in [0, 0.1) is 0 Å². The zero-order chi connectivity index (χ0) is 15.9. The van der Waals surface area contributed by atoms with Crippen LogP contribution in [0.5, 0.6) is 0 Å². The molecule has 1 atom stereocenters. The van der Waals surface area contributed by atoms with Crippen molar-refractivity contribution in [1.29, 1.82) is 0 Å². The number of nitrogens with zero attached hydrogens (tertiary/aromatic N) is 1. The molecule has 4 nitrogen and oxygen atoms in total. The highest BCUT2D eigenvalue weighted by Gasteiger charge is 2.34. The Morgan fingerprint density at radius 2 is 2.05 bits per heavy atom. The van der Waals surface area contributed by atoms with E-state index in [-0.39, 0.29) is 6.54 Å². The molecule has 0 amide bonds. The number of likely N-dealkylation sites (N-methyl/N-ethyl adjacent to an activating group) is 1. The van der Waals surface area contributed by atoms with Gasteiger partial charge in [0, 0.05) is 18.1 Å². The molecular formula is C18H28N2O2. The van der Waals surface area contributed by atoms with Crippen LogP contribution in [0.15, 0.2) is 30.3 Å². The maximum absolute atomic E-state index is 10.8. The van der Waals surface area contributed by atoms with E-state index >= 15 is 0 Å². The standard InChI is InChI=1S/C18H28N2O2/c1-3-20(13-18(21)22)17-11-16(12-17)19-14(2)9-10-15-7-5-4-6-8-15/h4-8,14,16-17,19H,3,9-13H2,1-2H3,(H,21,22). The van der Waals surface area contributed by atoms with Gasteiger partial charge in [-0.3, -0.25) is 9.69 Å². The number of nitrogens with one attached hydrogen (secondary N) is 1. The fourth-order valence-electron chi connectivity index (χ4n) is 3.21. The number of hydrogen-bond acceptors (Lipinski definition) is 3. The first kappa shape index (κ1) is 17.0. The Balaban J connectivity index is 1.65. The number of rotatable bonds is 9. The second-order valence-electron chi connectivity index (χ2n) is 6.37. The normalized spacial score (nSPS) is 22.3. The molecule has 0 bridgehead atoms. The molecule has 2 N–H and O–H groups in total. The zero-order valence-corrected chi connectivity index (χ0v) is 13.7. The number of benzene rings is 1. The first-order valence-corrected chi connectivity index (χ1v) is 8.34. The van der Waals surface area contributed by atoms with E-state index in [4.69, 9.17) is 5.11 Å². The second-order valence-corrected chi connectivity index (χ2v) is 6.37. The van der Waals surface area contributed by atoms with Crippen LogP contribution in [0.2, 0.25) is 0 Å². The molecule has 1 aliphatic rings. The summed E-state index contributed by atoms with van der Waals surface area (Å²) in [6.07, 6.45) is 4.37. The molecule has 1 saturated carbocycles. The van der Waals surface area contributed by atoms with E-state index in [0.29, 0.717) is 18.1 Å². The molecule has 1 fully saturated rings. The third-order valence-corrected chi connectivity index (χ3v) is 4.60. The second kappa shape index (κ2) is 8.30. The Kier molecular flexibility index (Phi) is 6.40. The number of carbonyl (C=O) groups is 1. The third-order valence-electron chi connectivity index (χ3n) is 4.60. The third kappa shape index (κ3) is 5.11. The number of carboxylic acids is 1. The van der Waals surface area contributed by atoms with Gasteiger partial charge >= 0.3 is 5.97 Å². The van der Waals surface area contributed by atoms with Gasteiger partial charge in [0.1, 0.15) is 0 Å². The average molecular weight is 304 g/mol. The maximum atomic E-state index is 10.8. The van der Waals surface area contributed by atoms with Crippen LogP contribution in [0.25, 0.3) is 0 Å². The van der Waals surface area contributed by atoms with Crippen molar-refractivity contribution in [2.75, 3.05) is 13.1 Å². The number of carboxylic acid groups (broad SMARTS) is 1. The highest BCUT2D eigenvalue weighted by Crippen LogP contribution is 2.26. The molecule has 0 saturated heterocycles. The van der Waals surface area contributed by atoms with Crippen molar-refractivity contribution in [3.8, 4) is 0 Å². The zero-order valence-electron chi connectivity index (χ0n) is 13.7. The Morgan fingerprint density at radius 1 is 1.36 bits per heavy atom. The molecule has 0 heterocycles. The van der Waals surface area contributed by atoms with E-state index in [0.717, 1.165) is 32.2 Å². The lowest BCUT2D eigenvalue weighted by Gasteiger charge is -2.43. The highest BCUT2D eigenvalue weighted by atomic mass is 16.4. The van der Waals surface area contributed by atoms with Gasteiger partial charge in [-0.25, -0.2) is 0 Å². The predicted octanol–water partition coefficient (Wildman–Crippen LogP) is 2.53. The Labute approximate surface area is 133 Å². The SMILES string of the molecule is CCN(CC(=O)O)C1CC(NC(C)CCc2ccccc2)C1. The molecule has 0 radical (unpaired) electrons. The molecule has 0 aliphatic heterocycles. The lowest BCUT2D eigenvalue weighted by Crippen LogP contribution is -2.55. The van der Waals surface area contributed by atoms with Crippen molar-refractivity contribution in [2.45, 2.75) is 57.7 Å². The molecule has 0 spiro atoms. The summed E-state index contributed by atoms with van der Waals surface area (Å²) in [5.74, 6) is -0.727. The van der Waals surface area contributed by atoms with Crippen LogP contribution in [0.4, 0.5) is 0 Å². The summed E-state index contributed by atoms with van der Waals surface area (Å²) in [5.41, 5.74) is 1.39. The van der Waals surface area contributed by atoms with Gasteiger partial charge in [0.05, 0.1) is 6.54 Å². The lowest BCUT2D eigenvalue weighted by atomic mass is 9.84. The van der Waals surface area contributed by atoms with Gasteiger partial charge in [-0.1, -0.05) is 37.3 Å². The molecule has 2 rings (SSSR count). The van der Waals surface area contributed by atoms with Gasteiger partial charge in [0.2, 0.25) is 0 Å². The molecule has 1 aromatic carbocycles. The predicted molar refractivity (Wildman–Crippen MR) is 89.1 cm³/mol. The van der Waals surface area contributed by atoms with Gasteiger partial charge in [-0.2, -0.15) is 0 Å². The smallest absolute Gasteiger partial charge is 0.317 e. The Morgan fingerprint density at radius 3 is 2.64 bits per heavy atom.